The van der Waals surface area contributed by atoms with Crippen molar-refractivity contribution in [2.75, 3.05) is 0 Å². The number of halogens is 1. The lowest BCUT2D eigenvalue weighted by Gasteiger charge is -2.17. The van der Waals surface area contributed by atoms with Crippen LogP contribution in [0.1, 0.15) is 78.0 Å². The Kier molecular flexibility index (Phi) is 8.36. The number of hydrogen-bond donors (Lipinski definition) is 2. The molecule has 0 unspecified atom stereocenters. The van der Waals surface area contributed by atoms with Crippen molar-refractivity contribution in [3.05, 3.63) is 99.2 Å². The number of nitrogens with one attached hydrogen (secondary N) is 1. The number of aromatic nitrogens is 1. The van der Waals surface area contributed by atoms with Gasteiger partial charge in [-0.2, -0.15) is 0 Å². The van der Waals surface area contributed by atoms with Crippen molar-refractivity contribution < 1.29 is 19.4 Å². The summed E-state index contributed by atoms with van der Waals surface area (Å²) in [5.74, 6) is -0.403. The highest BCUT2D eigenvalue weighted by Gasteiger charge is 2.18. The summed E-state index contributed by atoms with van der Waals surface area (Å²) < 4.78 is 7.63. The topological polar surface area (TPSA) is 80.6 Å². The van der Waals surface area contributed by atoms with Gasteiger partial charge in [0.1, 0.15) is 5.75 Å². The van der Waals surface area contributed by atoms with E-state index in [1.807, 2.05) is 43.3 Å². The summed E-state index contributed by atoms with van der Waals surface area (Å²) in [6.07, 6.45) is -0.994. The van der Waals surface area contributed by atoms with Gasteiger partial charge in [0, 0.05) is 28.7 Å². The van der Waals surface area contributed by atoms with Gasteiger partial charge in [0.25, 0.3) is 5.91 Å². The number of hydrogen-bond acceptors (Lipinski definition) is 3. The maximum atomic E-state index is 13.2. The van der Waals surface area contributed by atoms with Gasteiger partial charge >= 0.3 is 5.97 Å². The molecule has 39 heavy (non-hydrogen) atoms. The summed E-state index contributed by atoms with van der Waals surface area (Å²) in [5.41, 5.74) is 7.13. The van der Waals surface area contributed by atoms with Crippen LogP contribution in [0.3, 0.4) is 0 Å². The highest BCUT2D eigenvalue weighted by Crippen LogP contribution is 2.30. The molecule has 0 aliphatic heterocycles. The van der Waals surface area contributed by atoms with Crippen molar-refractivity contribution in [1.82, 2.24) is 9.88 Å². The van der Waals surface area contributed by atoms with Crippen LogP contribution in [0.5, 0.6) is 5.75 Å². The second kappa shape index (κ2) is 11.5. The van der Waals surface area contributed by atoms with Crippen molar-refractivity contribution in [3.63, 3.8) is 0 Å². The number of nitrogens with zero attached hydrogens (tertiary/aromatic N) is 1. The van der Waals surface area contributed by atoms with Crippen LogP contribution in [0.2, 0.25) is 5.02 Å². The third-order valence-electron chi connectivity index (χ3n) is 7.31. The Labute approximate surface area is 234 Å². The summed E-state index contributed by atoms with van der Waals surface area (Å²) in [6, 6.07) is 19.4. The SMILES string of the molecule is Cc1c(C)n(Cc2ccc(O[C@@H](C)C(=O)O)c(Cl)c2)c2ccc(C(=O)N[C@@H](C)c3cccc(C(C)C)c3)cc12. The quantitative estimate of drug-likeness (QED) is 0.229. The first-order valence-electron chi connectivity index (χ1n) is 13.1. The first kappa shape index (κ1) is 28.2. The standard InChI is InChI=1S/C32H35ClN2O4/c1-18(2)24-8-7-9-25(15-24)20(4)34-31(36)26-11-12-29-27(16-26)19(3)21(5)35(29)17-23-10-13-30(28(33)14-23)39-22(6)32(37)38/h7-16,18,20,22H,17H2,1-6H3,(H,34,36)(H,37,38)/t20-,22-/m0/s1. The van der Waals surface area contributed by atoms with E-state index in [1.54, 1.807) is 12.1 Å². The molecule has 6 nitrogen and oxygen atoms in total. The Hall–Kier alpha value is -3.77. The van der Waals surface area contributed by atoms with Gasteiger partial charge in [0.15, 0.2) is 6.10 Å². The average molecular weight is 547 g/mol. The lowest BCUT2D eigenvalue weighted by Crippen LogP contribution is -2.26. The van der Waals surface area contributed by atoms with Crippen LogP contribution in [0, 0.1) is 13.8 Å². The van der Waals surface area contributed by atoms with Gasteiger partial charge < -0.3 is 19.7 Å². The fourth-order valence-electron chi connectivity index (χ4n) is 4.71. The molecule has 1 heterocycles. The molecule has 0 aliphatic carbocycles. The Morgan fingerprint density at radius 2 is 1.69 bits per heavy atom. The fourth-order valence-corrected chi connectivity index (χ4v) is 4.95. The monoisotopic (exact) mass is 546 g/mol. The van der Waals surface area contributed by atoms with Gasteiger partial charge in [0.2, 0.25) is 0 Å². The summed E-state index contributed by atoms with van der Waals surface area (Å²) in [5, 5.41) is 13.6. The smallest absolute Gasteiger partial charge is 0.344 e. The van der Waals surface area contributed by atoms with Gasteiger partial charge in [-0.1, -0.05) is 55.8 Å². The first-order valence-corrected chi connectivity index (χ1v) is 13.5. The maximum absolute atomic E-state index is 13.2. The molecule has 4 rings (SSSR count). The van der Waals surface area contributed by atoms with E-state index in [0.717, 1.165) is 33.3 Å². The number of aryl methyl sites for hydroxylation is 1. The Morgan fingerprint density at radius 1 is 0.974 bits per heavy atom. The Bertz CT molecular complexity index is 1540. The first-order chi connectivity index (χ1) is 18.5. The van der Waals surface area contributed by atoms with Crippen molar-refractivity contribution in [3.8, 4) is 5.75 Å². The molecular weight excluding hydrogens is 512 g/mol. The molecule has 0 saturated carbocycles. The lowest BCUT2D eigenvalue weighted by molar-refractivity contribution is -0.144. The van der Waals surface area contributed by atoms with Crippen molar-refractivity contribution in [2.24, 2.45) is 0 Å². The van der Waals surface area contributed by atoms with Crippen LogP contribution in [0.15, 0.2) is 60.7 Å². The van der Waals surface area contributed by atoms with Crippen LogP contribution in [0.25, 0.3) is 10.9 Å². The van der Waals surface area contributed by atoms with Gasteiger partial charge in [-0.15, -0.1) is 0 Å². The lowest BCUT2D eigenvalue weighted by atomic mass is 9.98. The molecular formula is C32H35ClN2O4. The number of amides is 1. The van der Waals surface area contributed by atoms with Crippen LogP contribution in [-0.4, -0.2) is 27.7 Å². The number of aliphatic carboxylic acids is 1. The third kappa shape index (κ3) is 6.12. The van der Waals surface area contributed by atoms with E-state index in [-0.39, 0.29) is 11.9 Å². The van der Waals surface area contributed by atoms with Gasteiger partial charge in [0.05, 0.1) is 11.1 Å². The normalized spacial score (nSPS) is 12.9. The minimum atomic E-state index is -1.05. The molecule has 204 valence electrons. The van der Waals surface area contributed by atoms with E-state index in [2.05, 4.69) is 49.7 Å². The molecule has 0 bridgehead atoms. The Balaban J connectivity index is 1.55. The van der Waals surface area contributed by atoms with Crippen molar-refractivity contribution in [2.45, 2.75) is 66.2 Å². The molecule has 2 N–H and O–H groups in total. The third-order valence-corrected chi connectivity index (χ3v) is 7.61. The van der Waals surface area contributed by atoms with E-state index in [1.165, 1.54) is 12.5 Å². The van der Waals surface area contributed by atoms with Crippen LogP contribution >= 0.6 is 11.6 Å². The van der Waals surface area contributed by atoms with E-state index in [9.17, 15) is 9.59 Å². The number of fused-ring (bicyclic) bond motifs is 1. The maximum Gasteiger partial charge on any atom is 0.344 e. The van der Waals surface area contributed by atoms with Crippen molar-refractivity contribution in [1.29, 1.82) is 0 Å². The summed E-state index contributed by atoms with van der Waals surface area (Å²) >= 11 is 6.40. The predicted octanol–water partition coefficient (Wildman–Crippen LogP) is 7.43. The molecule has 0 aliphatic rings. The molecule has 0 radical (unpaired) electrons. The molecule has 4 aromatic rings. The van der Waals surface area contributed by atoms with E-state index in [0.29, 0.717) is 28.8 Å². The minimum absolute atomic E-state index is 0.109. The zero-order valence-electron chi connectivity index (χ0n) is 23.2. The van der Waals surface area contributed by atoms with E-state index in [4.69, 9.17) is 21.4 Å². The Morgan fingerprint density at radius 3 is 2.36 bits per heavy atom. The van der Waals surface area contributed by atoms with E-state index >= 15 is 0 Å². The number of carboxylic acid groups (broad SMARTS) is 1. The molecule has 0 spiro atoms. The number of benzene rings is 3. The van der Waals surface area contributed by atoms with Crippen LogP contribution < -0.4 is 10.1 Å². The van der Waals surface area contributed by atoms with Crippen LogP contribution in [0.4, 0.5) is 0 Å². The van der Waals surface area contributed by atoms with Gasteiger partial charge in [-0.05, 0) is 86.2 Å². The second-order valence-electron chi connectivity index (χ2n) is 10.4. The largest absolute Gasteiger partial charge is 0.479 e. The molecule has 7 heteroatoms. The summed E-state index contributed by atoms with van der Waals surface area (Å²) in [7, 11) is 0. The number of carbonyl (C=O) groups is 2. The summed E-state index contributed by atoms with van der Waals surface area (Å²) in [4.78, 5) is 24.3. The minimum Gasteiger partial charge on any atom is -0.479 e. The number of rotatable bonds is 9. The predicted molar refractivity (Wildman–Crippen MR) is 156 cm³/mol. The van der Waals surface area contributed by atoms with Gasteiger partial charge in [-0.3, -0.25) is 4.79 Å². The molecule has 3 aromatic carbocycles. The van der Waals surface area contributed by atoms with Crippen LogP contribution in [-0.2, 0) is 11.3 Å². The average Bonchev–Trinajstić information content (AvgIpc) is 3.14. The summed E-state index contributed by atoms with van der Waals surface area (Å²) in [6.45, 7) is 12.5. The highest BCUT2D eigenvalue weighted by molar-refractivity contribution is 6.32. The highest BCUT2D eigenvalue weighted by atomic mass is 35.5. The molecule has 0 fully saturated rings. The zero-order valence-corrected chi connectivity index (χ0v) is 24.0. The van der Waals surface area contributed by atoms with Crippen molar-refractivity contribution >= 4 is 34.4 Å². The zero-order chi connectivity index (χ0) is 28.4. The molecule has 0 saturated heterocycles. The molecule has 1 amide bonds. The number of carbonyl (C=O) groups excluding carboxylic acids is 1. The molecule has 1 aromatic heterocycles. The van der Waals surface area contributed by atoms with E-state index < -0.39 is 12.1 Å². The number of ether oxygens (including phenoxy) is 1. The number of carboxylic acids is 1. The molecule has 2 atom stereocenters. The second-order valence-corrected chi connectivity index (χ2v) is 10.8. The van der Waals surface area contributed by atoms with Gasteiger partial charge in [-0.25, -0.2) is 4.79 Å². The fraction of sp³-hybridized carbons (Fsp3) is 0.312.